The number of carbonyl (C=O) groups excluding carboxylic acids is 1. The second kappa shape index (κ2) is 7.79. The van der Waals surface area contributed by atoms with Gasteiger partial charge in [0.15, 0.2) is 0 Å². The van der Waals surface area contributed by atoms with E-state index in [1.54, 1.807) is 40.0 Å². The SMILES string of the molecule is O=C(C[C@H](Cc1ccccc1)NS(=O)(=O)C(F)(F)F)N1CC2CCC1CC2. The van der Waals surface area contributed by atoms with Crippen molar-refractivity contribution in [2.75, 3.05) is 6.54 Å². The van der Waals surface area contributed by atoms with Crippen molar-refractivity contribution in [1.82, 2.24) is 9.62 Å². The van der Waals surface area contributed by atoms with Crippen molar-refractivity contribution in [1.29, 1.82) is 0 Å². The minimum atomic E-state index is -5.52. The Balaban J connectivity index is 1.74. The summed E-state index contributed by atoms with van der Waals surface area (Å²) >= 11 is 0. The molecule has 0 radical (unpaired) electrons. The summed E-state index contributed by atoms with van der Waals surface area (Å²) in [5, 5.41) is 0. The summed E-state index contributed by atoms with van der Waals surface area (Å²) in [6, 6.07) is 7.57. The predicted octanol–water partition coefficient (Wildman–Crippen LogP) is 2.83. The number of carbonyl (C=O) groups is 1. The molecule has 5 nitrogen and oxygen atoms in total. The molecule has 4 rings (SSSR count). The number of rotatable bonds is 6. The number of nitrogens with zero attached hydrogens (tertiary/aromatic N) is 1. The average Bonchev–Trinajstić information content (AvgIpc) is 2.62. The molecule has 1 aliphatic carbocycles. The summed E-state index contributed by atoms with van der Waals surface area (Å²) in [6.45, 7) is 0.619. The number of halogens is 3. The second-order valence-electron chi connectivity index (χ2n) is 7.38. The number of piperidine rings is 2. The van der Waals surface area contributed by atoms with Gasteiger partial charge in [0, 0.05) is 25.0 Å². The van der Waals surface area contributed by atoms with Gasteiger partial charge in [0.25, 0.3) is 0 Å². The third-order valence-corrected chi connectivity index (χ3v) is 6.66. The zero-order valence-corrected chi connectivity index (χ0v) is 15.6. The van der Waals surface area contributed by atoms with Gasteiger partial charge in [-0.15, -0.1) is 0 Å². The van der Waals surface area contributed by atoms with Crippen molar-refractivity contribution in [2.45, 2.75) is 56.1 Å². The Morgan fingerprint density at radius 2 is 1.78 bits per heavy atom. The summed E-state index contributed by atoms with van der Waals surface area (Å²) in [5.41, 5.74) is -4.74. The standard InChI is InChI=1S/C18H23F3N2O3S/c19-18(20,21)27(25,26)22-15(10-13-4-2-1-3-5-13)11-17(24)23-12-14-6-8-16(23)9-7-14/h1-5,14-16,22H,6-12H2/t14?,15-,16?/m0/s1. The molecule has 3 fully saturated rings. The Morgan fingerprint density at radius 1 is 1.15 bits per heavy atom. The molecule has 3 aliphatic rings. The van der Waals surface area contributed by atoms with Crippen LogP contribution in [-0.2, 0) is 21.2 Å². The zero-order chi connectivity index (χ0) is 19.7. The van der Waals surface area contributed by atoms with Crippen LogP contribution >= 0.6 is 0 Å². The molecule has 2 heterocycles. The smallest absolute Gasteiger partial charge is 0.339 e. The van der Waals surface area contributed by atoms with Crippen molar-refractivity contribution in [3.8, 4) is 0 Å². The number of benzene rings is 1. The minimum Gasteiger partial charge on any atom is -0.339 e. The number of amides is 1. The van der Waals surface area contributed by atoms with E-state index in [-0.39, 0.29) is 24.8 Å². The highest BCUT2D eigenvalue weighted by atomic mass is 32.2. The molecule has 2 saturated heterocycles. The number of alkyl halides is 3. The average molecular weight is 404 g/mol. The van der Waals surface area contributed by atoms with Crippen LogP contribution in [0.2, 0.25) is 0 Å². The van der Waals surface area contributed by atoms with Gasteiger partial charge in [-0.05, 0) is 43.6 Å². The molecule has 2 bridgehead atoms. The first-order valence-corrected chi connectivity index (χ1v) is 10.6. The van der Waals surface area contributed by atoms with Crippen LogP contribution in [0.4, 0.5) is 13.2 Å². The molecule has 0 unspecified atom stereocenters. The molecule has 0 aromatic heterocycles. The maximum Gasteiger partial charge on any atom is 0.511 e. The van der Waals surface area contributed by atoms with Crippen molar-refractivity contribution >= 4 is 15.9 Å². The fraction of sp³-hybridized carbons (Fsp3) is 0.611. The van der Waals surface area contributed by atoms with E-state index in [4.69, 9.17) is 0 Å². The first kappa shape index (κ1) is 20.1. The van der Waals surface area contributed by atoms with Crippen LogP contribution in [0.25, 0.3) is 0 Å². The Morgan fingerprint density at radius 3 is 2.30 bits per heavy atom. The van der Waals surface area contributed by atoms with Gasteiger partial charge in [-0.25, -0.2) is 13.1 Å². The number of hydrogen-bond donors (Lipinski definition) is 1. The van der Waals surface area contributed by atoms with E-state index in [0.717, 1.165) is 25.7 Å². The normalized spacial score (nSPS) is 24.0. The predicted molar refractivity (Wildman–Crippen MR) is 94.1 cm³/mol. The molecular weight excluding hydrogens is 381 g/mol. The number of nitrogens with one attached hydrogen (secondary N) is 1. The highest BCUT2D eigenvalue weighted by Crippen LogP contribution is 2.35. The third kappa shape index (κ3) is 4.82. The Bertz CT molecular complexity index is 760. The number of sulfonamides is 1. The van der Waals surface area contributed by atoms with Crippen LogP contribution in [0.5, 0.6) is 0 Å². The summed E-state index contributed by atoms with van der Waals surface area (Å²) in [4.78, 5) is 14.5. The molecule has 1 aromatic carbocycles. The monoisotopic (exact) mass is 404 g/mol. The van der Waals surface area contributed by atoms with Crippen molar-refractivity contribution in [2.24, 2.45) is 5.92 Å². The van der Waals surface area contributed by atoms with Crippen LogP contribution in [0.15, 0.2) is 30.3 Å². The minimum absolute atomic E-state index is 0.0177. The fourth-order valence-corrected chi connectivity index (χ4v) is 4.78. The second-order valence-corrected chi connectivity index (χ2v) is 9.08. The molecule has 9 heteroatoms. The Kier molecular flexibility index (Phi) is 5.81. The van der Waals surface area contributed by atoms with Gasteiger partial charge in [-0.3, -0.25) is 4.79 Å². The van der Waals surface area contributed by atoms with E-state index in [1.807, 2.05) is 0 Å². The number of hydrogen-bond acceptors (Lipinski definition) is 3. The van der Waals surface area contributed by atoms with Crippen LogP contribution in [0, 0.1) is 5.92 Å². The Labute approximate surface area is 157 Å². The van der Waals surface area contributed by atoms with Crippen molar-refractivity contribution in [3.63, 3.8) is 0 Å². The van der Waals surface area contributed by atoms with E-state index in [1.165, 1.54) is 0 Å². The molecule has 0 spiro atoms. The van der Waals surface area contributed by atoms with Crippen LogP contribution in [-0.4, -0.2) is 43.4 Å². The summed E-state index contributed by atoms with van der Waals surface area (Å²) in [6.07, 6.45) is 3.70. The lowest BCUT2D eigenvalue weighted by molar-refractivity contribution is -0.139. The van der Waals surface area contributed by atoms with E-state index in [2.05, 4.69) is 0 Å². The molecule has 1 aromatic rings. The lowest BCUT2D eigenvalue weighted by Crippen LogP contribution is -2.53. The van der Waals surface area contributed by atoms with E-state index < -0.39 is 21.6 Å². The molecule has 1 saturated carbocycles. The highest BCUT2D eigenvalue weighted by molar-refractivity contribution is 7.90. The van der Waals surface area contributed by atoms with Gasteiger partial charge in [-0.2, -0.15) is 13.2 Å². The van der Waals surface area contributed by atoms with E-state index in [9.17, 15) is 26.4 Å². The van der Waals surface area contributed by atoms with Gasteiger partial charge in [-0.1, -0.05) is 30.3 Å². The quantitative estimate of drug-likeness (QED) is 0.793. The van der Waals surface area contributed by atoms with Crippen molar-refractivity contribution < 1.29 is 26.4 Å². The maximum absolute atomic E-state index is 12.8. The van der Waals surface area contributed by atoms with E-state index in [0.29, 0.717) is 18.0 Å². The van der Waals surface area contributed by atoms with E-state index >= 15 is 0 Å². The maximum atomic E-state index is 12.8. The largest absolute Gasteiger partial charge is 0.511 e. The first-order chi connectivity index (χ1) is 12.7. The van der Waals surface area contributed by atoms with Crippen LogP contribution in [0.3, 0.4) is 0 Å². The lowest BCUT2D eigenvalue weighted by Gasteiger charge is -2.45. The van der Waals surface area contributed by atoms with Crippen LogP contribution in [0.1, 0.15) is 37.7 Å². The summed E-state index contributed by atoms with van der Waals surface area (Å²) < 4.78 is 63.3. The first-order valence-electron chi connectivity index (χ1n) is 9.07. The zero-order valence-electron chi connectivity index (χ0n) is 14.8. The molecule has 2 aliphatic heterocycles. The fourth-order valence-electron chi connectivity index (χ4n) is 4.04. The Hall–Kier alpha value is -1.61. The van der Waals surface area contributed by atoms with Gasteiger partial charge in [0.2, 0.25) is 5.91 Å². The molecular formula is C18H23F3N2O3S. The molecule has 1 atom stereocenters. The van der Waals surface area contributed by atoms with Gasteiger partial charge < -0.3 is 4.90 Å². The highest BCUT2D eigenvalue weighted by Gasteiger charge is 2.47. The summed E-state index contributed by atoms with van der Waals surface area (Å²) in [5.74, 6) is 0.161. The third-order valence-electron chi connectivity index (χ3n) is 5.40. The van der Waals surface area contributed by atoms with Crippen LogP contribution < -0.4 is 4.72 Å². The van der Waals surface area contributed by atoms with Crippen molar-refractivity contribution in [3.05, 3.63) is 35.9 Å². The topological polar surface area (TPSA) is 66.5 Å². The molecule has 150 valence electrons. The van der Waals surface area contributed by atoms with Gasteiger partial charge >= 0.3 is 15.5 Å². The molecule has 1 N–H and O–H groups in total. The van der Waals surface area contributed by atoms with Gasteiger partial charge in [0.1, 0.15) is 0 Å². The molecule has 1 amide bonds. The van der Waals surface area contributed by atoms with Gasteiger partial charge in [0.05, 0.1) is 0 Å². The lowest BCUT2D eigenvalue weighted by atomic mass is 9.79. The number of fused-ring (bicyclic) bond motifs is 3. The summed E-state index contributed by atoms with van der Waals surface area (Å²) in [7, 11) is -5.52. The molecule has 27 heavy (non-hydrogen) atoms.